The molecule has 4 rings (SSSR count). The molecule has 3 heterocycles. The number of hydrogen-bond donors (Lipinski definition) is 1. The number of benzene rings is 1. The summed E-state index contributed by atoms with van der Waals surface area (Å²) in [6.07, 6.45) is 2.40. The molecule has 132 valence electrons. The van der Waals surface area contributed by atoms with Crippen LogP contribution >= 0.6 is 22.9 Å². The third kappa shape index (κ3) is 3.03. The van der Waals surface area contributed by atoms with Gasteiger partial charge in [0.1, 0.15) is 5.82 Å². The summed E-state index contributed by atoms with van der Waals surface area (Å²) in [4.78, 5) is 8.41. The SMILES string of the molecule is Cc1nc2sc([C@@H](c3ccccc3Cl)N3CCC[C@H](C)C3)c(O)n2n1. The number of aromatic nitrogens is 3. The molecule has 5 nitrogen and oxygen atoms in total. The lowest BCUT2D eigenvalue weighted by atomic mass is 9.95. The van der Waals surface area contributed by atoms with E-state index < -0.39 is 0 Å². The maximum atomic E-state index is 10.8. The van der Waals surface area contributed by atoms with Gasteiger partial charge < -0.3 is 5.11 Å². The van der Waals surface area contributed by atoms with Gasteiger partial charge in [0.15, 0.2) is 0 Å². The van der Waals surface area contributed by atoms with E-state index in [0.29, 0.717) is 16.7 Å². The van der Waals surface area contributed by atoms with Gasteiger partial charge in [-0.2, -0.15) is 4.52 Å². The quantitative estimate of drug-likeness (QED) is 0.741. The Morgan fingerprint density at radius 2 is 2.16 bits per heavy atom. The van der Waals surface area contributed by atoms with Gasteiger partial charge in [0, 0.05) is 11.6 Å². The molecule has 0 amide bonds. The molecule has 0 aliphatic carbocycles. The molecule has 0 unspecified atom stereocenters. The van der Waals surface area contributed by atoms with Crippen molar-refractivity contribution in [3.05, 3.63) is 45.6 Å². The van der Waals surface area contributed by atoms with Gasteiger partial charge in [-0.05, 0) is 43.9 Å². The second kappa shape index (κ2) is 6.59. The maximum absolute atomic E-state index is 10.8. The molecule has 1 aliphatic rings. The highest BCUT2D eigenvalue weighted by molar-refractivity contribution is 7.17. The molecule has 25 heavy (non-hydrogen) atoms. The third-order valence-electron chi connectivity index (χ3n) is 4.81. The summed E-state index contributed by atoms with van der Waals surface area (Å²) in [5.41, 5.74) is 1.02. The molecule has 0 spiro atoms. The normalized spacial score (nSPS) is 20.2. The van der Waals surface area contributed by atoms with E-state index in [9.17, 15) is 5.11 Å². The molecule has 3 aromatic rings. The van der Waals surface area contributed by atoms with Gasteiger partial charge in [-0.1, -0.05) is 48.1 Å². The minimum absolute atomic E-state index is 0.0785. The number of halogens is 1. The molecule has 0 saturated carbocycles. The van der Waals surface area contributed by atoms with E-state index in [-0.39, 0.29) is 11.9 Å². The van der Waals surface area contributed by atoms with Gasteiger partial charge in [-0.15, -0.1) is 5.10 Å². The van der Waals surface area contributed by atoms with Crippen LogP contribution in [-0.4, -0.2) is 37.7 Å². The molecule has 7 heteroatoms. The molecule has 1 aliphatic heterocycles. The molecule has 2 aromatic heterocycles. The number of likely N-dealkylation sites (tertiary alicyclic amines) is 1. The molecular formula is C18H21ClN4OS. The molecule has 0 bridgehead atoms. The molecule has 2 atom stereocenters. The number of piperidine rings is 1. The predicted octanol–water partition coefficient (Wildman–Crippen LogP) is 4.28. The van der Waals surface area contributed by atoms with Crippen molar-refractivity contribution in [3.63, 3.8) is 0 Å². The van der Waals surface area contributed by atoms with E-state index in [1.807, 2.05) is 31.2 Å². The van der Waals surface area contributed by atoms with E-state index in [1.54, 1.807) is 0 Å². The van der Waals surface area contributed by atoms with Crippen LogP contribution in [0.5, 0.6) is 5.88 Å². The second-order valence-corrected chi connectivity index (χ2v) is 8.23. The second-order valence-electron chi connectivity index (χ2n) is 6.81. The highest BCUT2D eigenvalue weighted by Gasteiger charge is 2.32. The molecule has 1 N–H and O–H groups in total. The Bertz CT molecular complexity index is 906. The summed E-state index contributed by atoms with van der Waals surface area (Å²) in [5.74, 6) is 1.46. The third-order valence-corrected chi connectivity index (χ3v) is 6.22. The van der Waals surface area contributed by atoms with Crippen molar-refractivity contribution in [2.45, 2.75) is 32.7 Å². The van der Waals surface area contributed by atoms with Crippen LogP contribution in [0.3, 0.4) is 0 Å². The number of thiazole rings is 1. The fraction of sp³-hybridized carbons (Fsp3) is 0.444. The lowest BCUT2D eigenvalue weighted by Crippen LogP contribution is -2.37. The number of hydrogen-bond acceptors (Lipinski definition) is 5. The Balaban J connectivity index is 1.85. The van der Waals surface area contributed by atoms with Crippen LogP contribution in [0.2, 0.25) is 5.02 Å². The standard InChI is InChI=1S/C18H21ClN4OS/c1-11-6-5-9-22(10-11)15(13-7-3-4-8-14(13)19)16-17(24)23-18(25-16)20-12(2)21-23/h3-4,7-8,11,15,24H,5-6,9-10H2,1-2H3/t11-,15+/m0/s1. The lowest BCUT2D eigenvalue weighted by Gasteiger charge is -2.37. The number of rotatable bonds is 3. The summed E-state index contributed by atoms with van der Waals surface area (Å²) in [5, 5.41) is 15.9. The Labute approximate surface area is 155 Å². The predicted molar refractivity (Wildman–Crippen MR) is 101 cm³/mol. The van der Waals surface area contributed by atoms with Gasteiger partial charge >= 0.3 is 0 Å². The van der Waals surface area contributed by atoms with Crippen molar-refractivity contribution in [1.82, 2.24) is 19.5 Å². The van der Waals surface area contributed by atoms with Crippen molar-refractivity contribution in [3.8, 4) is 5.88 Å². The van der Waals surface area contributed by atoms with Gasteiger partial charge in [0.25, 0.3) is 0 Å². The number of aromatic hydroxyl groups is 1. The fourth-order valence-electron chi connectivity index (χ4n) is 3.69. The molecule has 0 radical (unpaired) electrons. The Morgan fingerprint density at radius 1 is 1.36 bits per heavy atom. The number of aryl methyl sites for hydroxylation is 1. The van der Waals surface area contributed by atoms with Crippen LogP contribution in [0, 0.1) is 12.8 Å². The van der Waals surface area contributed by atoms with E-state index >= 15 is 0 Å². The first kappa shape index (κ1) is 16.8. The zero-order valence-corrected chi connectivity index (χ0v) is 15.9. The first-order valence-corrected chi connectivity index (χ1v) is 9.77. The first-order valence-electron chi connectivity index (χ1n) is 8.58. The average Bonchev–Trinajstić information content (AvgIpc) is 3.08. The van der Waals surface area contributed by atoms with Crippen LogP contribution in [0.15, 0.2) is 24.3 Å². The van der Waals surface area contributed by atoms with Crippen molar-refractivity contribution >= 4 is 27.9 Å². The first-order chi connectivity index (χ1) is 12.0. The summed E-state index contributed by atoms with van der Waals surface area (Å²) in [7, 11) is 0. The average molecular weight is 377 g/mol. The van der Waals surface area contributed by atoms with Crippen LogP contribution in [0.1, 0.15) is 42.1 Å². The summed E-state index contributed by atoms with van der Waals surface area (Å²) in [6.45, 7) is 6.09. The monoisotopic (exact) mass is 376 g/mol. The summed E-state index contributed by atoms with van der Waals surface area (Å²) < 4.78 is 1.53. The van der Waals surface area contributed by atoms with Gasteiger partial charge in [0.2, 0.25) is 10.8 Å². The Kier molecular flexibility index (Phi) is 4.43. The largest absolute Gasteiger partial charge is 0.492 e. The molecular weight excluding hydrogens is 356 g/mol. The fourth-order valence-corrected chi connectivity index (χ4v) is 5.08. The van der Waals surface area contributed by atoms with E-state index in [4.69, 9.17) is 11.6 Å². The molecule has 1 aromatic carbocycles. The van der Waals surface area contributed by atoms with Crippen LogP contribution in [-0.2, 0) is 0 Å². The Morgan fingerprint density at radius 3 is 2.88 bits per heavy atom. The smallest absolute Gasteiger partial charge is 0.230 e. The topological polar surface area (TPSA) is 53.7 Å². The molecule has 1 fully saturated rings. The van der Waals surface area contributed by atoms with E-state index in [0.717, 1.165) is 35.0 Å². The molecule has 1 saturated heterocycles. The van der Waals surface area contributed by atoms with Crippen molar-refractivity contribution < 1.29 is 5.11 Å². The zero-order chi connectivity index (χ0) is 17.6. The minimum atomic E-state index is -0.0785. The van der Waals surface area contributed by atoms with Crippen LogP contribution in [0.25, 0.3) is 4.96 Å². The lowest BCUT2D eigenvalue weighted by molar-refractivity contribution is 0.149. The van der Waals surface area contributed by atoms with Gasteiger partial charge in [-0.25, -0.2) is 4.98 Å². The minimum Gasteiger partial charge on any atom is -0.492 e. The van der Waals surface area contributed by atoms with Crippen LogP contribution in [0.4, 0.5) is 0 Å². The zero-order valence-electron chi connectivity index (χ0n) is 14.3. The summed E-state index contributed by atoms with van der Waals surface area (Å²) >= 11 is 8.02. The number of fused-ring (bicyclic) bond motifs is 1. The van der Waals surface area contributed by atoms with Crippen molar-refractivity contribution in [1.29, 1.82) is 0 Å². The van der Waals surface area contributed by atoms with E-state index in [2.05, 4.69) is 21.9 Å². The highest BCUT2D eigenvalue weighted by Crippen LogP contribution is 2.43. The summed E-state index contributed by atoms with van der Waals surface area (Å²) in [6, 6.07) is 7.82. The van der Waals surface area contributed by atoms with Crippen LogP contribution < -0.4 is 0 Å². The van der Waals surface area contributed by atoms with Crippen molar-refractivity contribution in [2.24, 2.45) is 5.92 Å². The van der Waals surface area contributed by atoms with Gasteiger partial charge in [-0.3, -0.25) is 4.90 Å². The van der Waals surface area contributed by atoms with Crippen molar-refractivity contribution in [2.75, 3.05) is 13.1 Å². The maximum Gasteiger partial charge on any atom is 0.230 e. The Hall–Kier alpha value is -1.63. The van der Waals surface area contributed by atoms with E-state index in [1.165, 1.54) is 22.3 Å². The highest BCUT2D eigenvalue weighted by atomic mass is 35.5. The number of nitrogens with zero attached hydrogens (tertiary/aromatic N) is 4. The van der Waals surface area contributed by atoms with Gasteiger partial charge in [0.05, 0.1) is 10.9 Å².